The molecule has 0 bridgehead atoms. The van der Waals surface area contributed by atoms with Crippen molar-refractivity contribution in [2.24, 2.45) is 5.92 Å². The van der Waals surface area contributed by atoms with Crippen LogP contribution in [0.4, 0.5) is 0 Å². The first-order chi connectivity index (χ1) is 15.9. The van der Waals surface area contributed by atoms with Crippen LogP contribution in [-0.4, -0.2) is 33.3 Å². The van der Waals surface area contributed by atoms with E-state index in [9.17, 15) is 14.7 Å². The van der Waals surface area contributed by atoms with E-state index < -0.39 is 17.7 Å². The number of aromatic nitrogens is 1. The van der Waals surface area contributed by atoms with Crippen LogP contribution < -0.4 is 4.74 Å². The molecule has 1 N–H and O–H groups in total. The fourth-order valence-corrected chi connectivity index (χ4v) is 4.86. The van der Waals surface area contributed by atoms with Crippen LogP contribution >= 0.6 is 11.3 Å². The number of ether oxygens (including phenoxy) is 1. The minimum atomic E-state index is -0.687. The van der Waals surface area contributed by atoms with E-state index in [4.69, 9.17) is 4.74 Å². The molecule has 1 unspecified atom stereocenters. The molecule has 33 heavy (non-hydrogen) atoms. The summed E-state index contributed by atoms with van der Waals surface area (Å²) in [5.41, 5.74) is 2.36. The normalized spacial score (nSPS) is 17.7. The first-order valence-electron chi connectivity index (χ1n) is 10.8. The molecule has 7 heteroatoms. The second-order valence-corrected chi connectivity index (χ2v) is 9.43. The van der Waals surface area contributed by atoms with E-state index in [2.05, 4.69) is 18.8 Å². The lowest BCUT2D eigenvalue weighted by Gasteiger charge is -2.25. The van der Waals surface area contributed by atoms with Crippen molar-refractivity contribution < 1.29 is 19.4 Å². The second kappa shape index (κ2) is 9.58. The SMILES string of the molecule is Cc1ccsc1C1/C(=C(/O)c2cccc(OCC(C)C)c2)C(=O)C(=O)N1Cc1ccncc1. The molecular weight excluding hydrogens is 436 g/mol. The Kier molecular flexibility index (Phi) is 6.60. The summed E-state index contributed by atoms with van der Waals surface area (Å²) < 4.78 is 5.79. The van der Waals surface area contributed by atoms with Crippen LogP contribution in [0.1, 0.15) is 41.5 Å². The number of pyridine rings is 1. The first-order valence-corrected chi connectivity index (χ1v) is 11.7. The number of amides is 1. The van der Waals surface area contributed by atoms with Crippen LogP contribution in [0.3, 0.4) is 0 Å². The zero-order chi connectivity index (χ0) is 23.5. The average Bonchev–Trinajstić information content (AvgIpc) is 3.34. The summed E-state index contributed by atoms with van der Waals surface area (Å²) >= 11 is 1.47. The lowest BCUT2D eigenvalue weighted by atomic mass is 9.98. The van der Waals surface area contributed by atoms with Gasteiger partial charge < -0.3 is 14.7 Å². The number of nitrogens with zero attached hydrogens (tertiary/aromatic N) is 2. The number of Topliss-reactive ketones (excluding diaryl/α,β-unsaturated/α-hetero) is 1. The molecule has 1 aliphatic rings. The van der Waals surface area contributed by atoms with Crippen LogP contribution in [-0.2, 0) is 16.1 Å². The van der Waals surface area contributed by atoms with Gasteiger partial charge in [-0.2, -0.15) is 0 Å². The topological polar surface area (TPSA) is 79.7 Å². The van der Waals surface area contributed by atoms with Crippen molar-refractivity contribution in [2.75, 3.05) is 6.61 Å². The number of hydrogen-bond donors (Lipinski definition) is 1. The number of benzene rings is 1. The Morgan fingerprint density at radius 2 is 1.94 bits per heavy atom. The lowest BCUT2D eigenvalue weighted by Crippen LogP contribution is -2.29. The summed E-state index contributed by atoms with van der Waals surface area (Å²) in [5.74, 6) is -0.560. The molecule has 0 aliphatic carbocycles. The predicted octanol–water partition coefficient (Wildman–Crippen LogP) is 5.11. The highest BCUT2D eigenvalue weighted by atomic mass is 32.1. The maximum atomic E-state index is 13.2. The quantitative estimate of drug-likeness (QED) is 0.300. The molecule has 6 nitrogen and oxygen atoms in total. The van der Waals surface area contributed by atoms with E-state index in [0.29, 0.717) is 23.8 Å². The molecule has 1 fully saturated rings. The summed E-state index contributed by atoms with van der Waals surface area (Å²) in [6.45, 7) is 6.83. The molecule has 2 aromatic heterocycles. The Hall–Kier alpha value is -3.45. The van der Waals surface area contributed by atoms with Crippen molar-refractivity contribution in [3.8, 4) is 5.75 Å². The van der Waals surface area contributed by atoms with Crippen molar-refractivity contribution >= 4 is 28.8 Å². The number of hydrogen-bond acceptors (Lipinski definition) is 6. The minimum Gasteiger partial charge on any atom is -0.507 e. The Morgan fingerprint density at radius 1 is 1.18 bits per heavy atom. The van der Waals surface area contributed by atoms with E-state index >= 15 is 0 Å². The highest BCUT2D eigenvalue weighted by Gasteiger charge is 2.47. The largest absolute Gasteiger partial charge is 0.507 e. The van der Waals surface area contributed by atoms with Crippen LogP contribution in [0.2, 0.25) is 0 Å². The van der Waals surface area contributed by atoms with Gasteiger partial charge in [0.2, 0.25) is 0 Å². The molecule has 0 spiro atoms. The summed E-state index contributed by atoms with van der Waals surface area (Å²) in [6, 6.07) is 11.9. The predicted molar refractivity (Wildman–Crippen MR) is 128 cm³/mol. The summed E-state index contributed by atoms with van der Waals surface area (Å²) in [5, 5.41) is 13.2. The van der Waals surface area contributed by atoms with Gasteiger partial charge in [-0.05, 0) is 59.7 Å². The average molecular weight is 463 g/mol. The van der Waals surface area contributed by atoms with Gasteiger partial charge >= 0.3 is 0 Å². The number of likely N-dealkylation sites (tertiary alicyclic amines) is 1. The van der Waals surface area contributed by atoms with Crippen molar-refractivity contribution in [2.45, 2.75) is 33.4 Å². The van der Waals surface area contributed by atoms with Crippen LogP contribution in [0.25, 0.3) is 5.76 Å². The summed E-state index contributed by atoms with van der Waals surface area (Å²) in [7, 11) is 0. The van der Waals surface area contributed by atoms with Crippen molar-refractivity contribution in [1.29, 1.82) is 0 Å². The van der Waals surface area contributed by atoms with Crippen LogP contribution in [0.15, 0.2) is 65.8 Å². The van der Waals surface area contributed by atoms with Gasteiger partial charge in [-0.25, -0.2) is 0 Å². The number of thiophene rings is 1. The smallest absolute Gasteiger partial charge is 0.295 e. The minimum absolute atomic E-state index is 0.0978. The Labute approximate surface area is 197 Å². The van der Waals surface area contributed by atoms with Gasteiger partial charge in [0.15, 0.2) is 0 Å². The van der Waals surface area contributed by atoms with E-state index in [0.717, 1.165) is 16.0 Å². The number of carbonyl (C=O) groups is 2. The number of aliphatic hydroxyl groups is 1. The molecule has 4 rings (SSSR count). The van der Waals surface area contributed by atoms with Crippen molar-refractivity contribution in [3.05, 3.63) is 87.4 Å². The van der Waals surface area contributed by atoms with Crippen LogP contribution in [0, 0.1) is 12.8 Å². The number of rotatable bonds is 7. The highest BCUT2D eigenvalue weighted by Crippen LogP contribution is 2.43. The molecule has 3 aromatic rings. The fourth-order valence-electron chi connectivity index (χ4n) is 3.82. The van der Waals surface area contributed by atoms with Gasteiger partial charge in [0.1, 0.15) is 17.6 Å². The molecule has 170 valence electrons. The van der Waals surface area contributed by atoms with E-state index in [1.807, 2.05) is 36.6 Å². The van der Waals surface area contributed by atoms with Gasteiger partial charge in [-0.1, -0.05) is 26.0 Å². The third kappa shape index (κ3) is 4.68. The molecule has 3 heterocycles. The van der Waals surface area contributed by atoms with Gasteiger partial charge in [0.05, 0.1) is 12.2 Å². The number of aryl methyl sites for hydroxylation is 1. The molecule has 1 saturated heterocycles. The molecule has 1 aromatic carbocycles. The fraction of sp³-hybridized carbons (Fsp3) is 0.269. The van der Waals surface area contributed by atoms with E-state index in [1.54, 1.807) is 30.6 Å². The molecule has 0 radical (unpaired) electrons. The monoisotopic (exact) mass is 462 g/mol. The number of aliphatic hydroxyl groups excluding tert-OH is 1. The zero-order valence-electron chi connectivity index (χ0n) is 18.8. The van der Waals surface area contributed by atoms with E-state index in [-0.39, 0.29) is 17.9 Å². The molecule has 1 atom stereocenters. The van der Waals surface area contributed by atoms with Crippen molar-refractivity contribution in [3.63, 3.8) is 0 Å². The zero-order valence-corrected chi connectivity index (χ0v) is 19.6. The third-order valence-corrected chi connectivity index (χ3v) is 6.55. The molecule has 0 saturated carbocycles. The summed E-state index contributed by atoms with van der Waals surface area (Å²) in [6.07, 6.45) is 3.31. The molecule has 1 aliphatic heterocycles. The maximum Gasteiger partial charge on any atom is 0.295 e. The standard InChI is InChI=1S/C26H26N2O4S/c1-16(2)15-32-20-6-4-5-19(13-20)23(29)21-22(25-17(3)9-12-33-25)28(26(31)24(21)30)14-18-7-10-27-11-8-18/h4-13,16,22,29H,14-15H2,1-3H3/b23-21-. The second-order valence-electron chi connectivity index (χ2n) is 8.48. The number of ketones is 1. The Morgan fingerprint density at radius 3 is 2.61 bits per heavy atom. The van der Waals surface area contributed by atoms with Gasteiger partial charge in [0, 0.05) is 29.4 Å². The first kappa shape index (κ1) is 22.7. The Bertz CT molecular complexity index is 1200. The molecule has 1 amide bonds. The number of carbonyl (C=O) groups excluding carboxylic acids is 2. The van der Waals surface area contributed by atoms with Crippen LogP contribution in [0.5, 0.6) is 5.75 Å². The Balaban J connectivity index is 1.79. The maximum absolute atomic E-state index is 13.2. The third-order valence-electron chi connectivity index (χ3n) is 5.48. The highest BCUT2D eigenvalue weighted by molar-refractivity contribution is 7.10. The van der Waals surface area contributed by atoms with Crippen molar-refractivity contribution in [1.82, 2.24) is 9.88 Å². The lowest BCUT2D eigenvalue weighted by molar-refractivity contribution is -0.140. The summed E-state index contributed by atoms with van der Waals surface area (Å²) in [4.78, 5) is 32.7. The molecular formula is C26H26N2O4S. The van der Waals surface area contributed by atoms with Gasteiger partial charge in [0.25, 0.3) is 11.7 Å². The van der Waals surface area contributed by atoms with Gasteiger partial charge in [-0.15, -0.1) is 11.3 Å². The van der Waals surface area contributed by atoms with E-state index in [1.165, 1.54) is 16.2 Å². The van der Waals surface area contributed by atoms with Gasteiger partial charge in [-0.3, -0.25) is 14.6 Å².